The van der Waals surface area contributed by atoms with Crippen LogP contribution in [0.1, 0.15) is 5.89 Å². The van der Waals surface area contributed by atoms with Crippen LogP contribution in [0.3, 0.4) is 0 Å². The zero-order valence-corrected chi connectivity index (χ0v) is 13.9. The summed E-state index contributed by atoms with van der Waals surface area (Å²) in [6, 6.07) is 8.59. The first-order valence-electron chi connectivity index (χ1n) is 7.45. The third kappa shape index (κ3) is 3.41. The number of fused-ring (bicyclic) bond motifs is 1. The Hall–Kier alpha value is -3.62. The molecule has 1 aromatic heterocycles. The fourth-order valence-corrected chi connectivity index (χ4v) is 2.31. The number of aromatic nitrogens is 1. The molecule has 9 nitrogen and oxygen atoms in total. The van der Waals surface area contributed by atoms with Crippen molar-refractivity contribution in [1.82, 2.24) is 4.98 Å². The number of nitrogens with zero attached hydrogens (tertiary/aromatic N) is 2. The highest BCUT2D eigenvalue weighted by Crippen LogP contribution is 2.30. The van der Waals surface area contributed by atoms with Gasteiger partial charge in [-0.25, -0.2) is 9.78 Å². The van der Waals surface area contributed by atoms with Crippen LogP contribution in [0.15, 0.2) is 45.6 Å². The second kappa shape index (κ2) is 7.09. The molecule has 9 heteroatoms. The molecular weight excluding hydrogens is 344 g/mol. The maximum absolute atomic E-state index is 12.2. The smallest absolute Gasteiger partial charge is 0.347 e. The van der Waals surface area contributed by atoms with Crippen LogP contribution < -0.4 is 19.8 Å². The van der Waals surface area contributed by atoms with E-state index in [1.54, 1.807) is 6.07 Å². The summed E-state index contributed by atoms with van der Waals surface area (Å²) in [4.78, 5) is 26.5. The van der Waals surface area contributed by atoms with Crippen molar-refractivity contribution in [2.75, 3.05) is 14.2 Å². The molecule has 0 atom stereocenters. The number of benzene rings is 2. The number of methoxy groups -OCH3 is 2. The minimum atomic E-state index is -0.585. The predicted molar refractivity (Wildman–Crippen MR) is 90.8 cm³/mol. The minimum Gasteiger partial charge on any atom is -0.493 e. The van der Waals surface area contributed by atoms with E-state index in [1.807, 2.05) is 0 Å². The summed E-state index contributed by atoms with van der Waals surface area (Å²) in [5.41, 5.74) is -0.256. The largest absolute Gasteiger partial charge is 0.493 e. The Balaban J connectivity index is 1.86. The number of nitro groups is 1. The third-order valence-electron chi connectivity index (χ3n) is 3.59. The van der Waals surface area contributed by atoms with Crippen molar-refractivity contribution in [2.24, 2.45) is 0 Å². The molecule has 3 rings (SSSR count). The molecule has 3 aromatic rings. The molecular formula is C17H14N2O7. The standard InChI is InChI=1S/C17H14N2O7/c1-23-14-7-12-13(8-15(14)24-2)18-16(26-17(12)20)9-25-11-5-3-10(4-6-11)19(21)22/h3-8H,9H2,1-2H3. The highest BCUT2D eigenvalue weighted by Gasteiger charge is 2.13. The molecule has 0 saturated carbocycles. The lowest BCUT2D eigenvalue weighted by atomic mass is 10.2. The van der Waals surface area contributed by atoms with E-state index in [1.165, 1.54) is 44.6 Å². The van der Waals surface area contributed by atoms with E-state index in [4.69, 9.17) is 18.6 Å². The predicted octanol–water partition coefficient (Wildman–Crippen LogP) is 2.69. The van der Waals surface area contributed by atoms with E-state index in [2.05, 4.69) is 4.98 Å². The Morgan fingerprint density at radius 2 is 1.77 bits per heavy atom. The zero-order valence-electron chi connectivity index (χ0n) is 13.9. The molecule has 0 aliphatic carbocycles. The average molecular weight is 358 g/mol. The van der Waals surface area contributed by atoms with Gasteiger partial charge in [-0.05, 0) is 12.1 Å². The summed E-state index contributed by atoms with van der Waals surface area (Å²) in [5.74, 6) is 1.27. The Morgan fingerprint density at radius 1 is 1.12 bits per heavy atom. The fourth-order valence-electron chi connectivity index (χ4n) is 2.31. The summed E-state index contributed by atoms with van der Waals surface area (Å²) in [7, 11) is 2.94. The van der Waals surface area contributed by atoms with Gasteiger partial charge < -0.3 is 18.6 Å². The van der Waals surface area contributed by atoms with Crippen LogP contribution in [0, 0.1) is 10.1 Å². The molecule has 0 fully saturated rings. The van der Waals surface area contributed by atoms with Crippen LogP contribution in [0.4, 0.5) is 5.69 Å². The Kier molecular flexibility index (Phi) is 4.70. The fraction of sp³-hybridized carbons (Fsp3) is 0.176. The summed E-state index contributed by atoms with van der Waals surface area (Å²) in [5, 5.41) is 10.9. The molecule has 0 spiro atoms. The number of ether oxygens (including phenoxy) is 3. The minimum absolute atomic E-state index is 0.0474. The highest BCUT2D eigenvalue weighted by molar-refractivity contribution is 5.81. The molecule has 2 aromatic carbocycles. The molecule has 134 valence electrons. The normalized spacial score (nSPS) is 10.5. The topological polar surface area (TPSA) is 114 Å². The first-order valence-corrected chi connectivity index (χ1v) is 7.45. The van der Waals surface area contributed by atoms with Gasteiger partial charge in [0.05, 0.1) is 30.0 Å². The van der Waals surface area contributed by atoms with Gasteiger partial charge in [0.25, 0.3) is 5.69 Å². The van der Waals surface area contributed by atoms with E-state index in [0.29, 0.717) is 22.8 Å². The first kappa shape index (κ1) is 17.2. The molecule has 0 N–H and O–H groups in total. The van der Waals surface area contributed by atoms with Gasteiger partial charge in [-0.2, -0.15) is 0 Å². The molecule has 26 heavy (non-hydrogen) atoms. The van der Waals surface area contributed by atoms with Gasteiger partial charge in [-0.3, -0.25) is 10.1 Å². The van der Waals surface area contributed by atoms with Crippen LogP contribution in [0.25, 0.3) is 10.9 Å². The van der Waals surface area contributed by atoms with Crippen molar-refractivity contribution in [3.8, 4) is 17.2 Å². The second-order valence-corrected chi connectivity index (χ2v) is 5.16. The number of nitro benzene ring substituents is 1. The maximum atomic E-state index is 12.2. The Bertz CT molecular complexity index is 1010. The van der Waals surface area contributed by atoms with Gasteiger partial charge in [-0.1, -0.05) is 0 Å². The monoisotopic (exact) mass is 358 g/mol. The van der Waals surface area contributed by atoms with Crippen LogP contribution in [-0.4, -0.2) is 24.1 Å². The average Bonchev–Trinajstić information content (AvgIpc) is 2.65. The van der Waals surface area contributed by atoms with Crippen LogP contribution in [0.2, 0.25) is 0 Å². The quantitative estimate of drug-likeness (QED) is 0.488. The third-order valence-corrected chi connectivity index (χ3v) is 3.59. The molecule has 0 amide bonds. The number of non-ortho nitro benzene ring substituents is 1. The van der Waals surface area contributed by atoms with Crippen molar-refractivity contribution < 1.29 is 23.6 Å². The van der Waals surface area contributed by atoms with Gasteiger partial charge in [0.2, 0.25) is 5.89 Å². The number of hydrogen-bond donors (Lipinski definition) is 0. The molecule has 1 heterocycles. The van der Waals surface area contributed by atoms with Crippen molar-refractivity contribution in [3.05, 3.63) is 62.8 Å². The lowest BCUT2D eigenvalue weighted by Gasteiger charge is -2.09. The Morgan fingerprint density at radius 3 is 2.38 bits per heavy atom. The molecule has 0 aliphatic heterocycles. The van der Waals surface area contributed by atoms with E-state index >= 15 is 0 Å². The molecule has 0 saturated heterocycles. The van der Waals surface area contributed by atoms with Gasteiger partial charge in [0.15, 0.2) is 18.1 Å². The van der Waals surface area contributed by atoms with Crippen LogP contribution in [-0.2, 0) is 6.61 Å². The Labute approximate surface area is 146 Å². The maximum Gasteiger partial charge on any atom is 0.347 e. The summed E-state index contributed by atoms with van der Waals surface area (Å²) >= 11 is 0. The molecule has 0 aliphatic rings. The number of hydrogen-bond acceptors (Lipinski definition) is 8. The zero-order chi connectivity index (χ0) is 18.7. The summed E-state index contributed by atoms with van der Waals surface area (Å²) in [6.07, 6.45) is 0. The molecule has 0 bridgehead atoms. The van der Waals surface area contributed by atoms with E-state index in [9.17, 15) is 14.9 Å². The van der Waals surface area contributed by atoms with Crippen molar-refractivity contribution in [1.29, 1.82) is 0 Å². The van der Waals surface area contributed by atoms with Crippen molar-refractivity contribution >= 4 is 16.6 Å². The van der Waals surface area contributed by atoms with Gasteiger partial charge in [-0.15, -0.1) is 0 Å². The van der Waals surface area contributed by atoms with E-state index < -0.39 is 10.5 Å². The van der Waals surface area contributed by atoms with E-state index in [-0.39, 0.29) is 23.6 Å². The SMILES string of the molecule is COc1cc2nc(COc3ccc([N+](=O)[O-])cc3)oc(=O)c2cc1OC. The highest BCUT2D eigenvalue weighted by atomic mass is 16.6. The lowest BCUT2D eigenvalue weighted by Crippen LogP contribution is -2.08. The molecule has 0 unspecified atom stereocenters. The van der Waals surface area contributed by atoms with Crippen LogP contribution in [0.5, 0.6) is 17.2 Å². The van der Waals surface area contributed by atoms with Crippen molar-refractivity contribution in [3.63, 3.8) is 0 Å². The van der Waals surface area contributed by atoms with Gasteiger partial charge in [0.1, 0.15) is 5.75 Å². The second-order valence-electron chi connectivity index (χ2n) is 5.16. The van der Waals surface area contributed by atoms with Crippen molar-refractivity contribution in [2.45, 2.75) is 6.61 Å². The van der Waals surface area contributed by atoms with Gasteiger partial charge in [0, 0.05) is 24.3 Å². The lowest BCUT2D eigenvalue weighted by molar-refractivity contribution is -0.384. The summed E-state index contributed by atoms with van der Waals surface area (Å²) in [6.45, 7) is -0.114. The van der Waals surface area contributed by atoms with E-state index in [0.717, 1.165) is 0 Å². The van der Waals surface area contributed by atoms with Crippen LogP contribution >= 0.6 is 0 Å². The summed E-state index contributed by atoms with van der Waals surface area (Å²) < 4.78 is 21.0. The van der Waals surface area contributed by atoms with Gasteiger partial charge >= 0.3 is 5.63 Å². The molecule has 0 radical (unpaired) electrons. The number of rotatable bonds is 6. The first-order chi connectivity index (χ1) is 12.5.